The van der Waals surface area contributed by atoms with Crippen LogP contribution >= 0.6 is 0 Å². The van der Waals surface area contributed by atoms with Crippen LogP contribution in [-0.2, 0) is 0 Å². The maximum absolute atomic E-state index is 10.1. The van der Waals surface area contributed by atoms with Gasteiger partial charge in [0.05, 0.1) is 0 Å². The Morgan fingerprint density at radius 1 is 1.33 bits per heavy atom. The zero-order valence-corrected chi connectivity index (χ0v) is 7.02. The van der Waals surface area contributed by atoms with E-state index in [9.17, 15) is 9.59 Å². The number of carboxylic acid groups (broad SMARTS) is 2. The molecule has 0 saturated carbocycles. The van der Waals surface area contributed by atoms with E-state index in [1.54, 1.807) is 6.92 Å². The minimum atomic E-state index is -2.78. The molecule has 0 aliphatic rings. The Kier molecular flexibility index (Phi) is 3.30. The van der Waals surface area contributed by atoms with Gasteiger partial charge in [-0.15, -0.1) is 0 Å². The van der Waals surface area contributed by atoms with Crippen molar-refractivity contribution in [2.24, 2.45) is 0 Å². The average molecular weight is 192 g/mol. The fourth-order valence-corrected chi connectivity index (χ4v) is 2.05. The van der Waals surface area contributed by atoms with Crippen LogP contribution in [0.4, 0.5) is 9.59 Å². The molecule has 0 unspecified atom stereocenters. The first kappa shape index (κ1) is 8.48. The molecule has 2 N–H and O–H groups in total. The zero-order valence-electron chi connectivity index (χ0n) is 4.92. The Hall–Kier alpha value is -0.517. The maximum atomic E-state index is 10.1. The van der Waals surface area contributed by atoms with E-state index >= 15 is 0 Å². The van der Waals surface area contributed by atoms with Gasteiger partial charge >= 0.3 is 55.9 Å². The number of carbonyl (C=O) groups is 2. The van der Waals surface area contributed by atoms with Crippen molar-refractivity contribution in [1.29, 1.82) is 0 Å². The van der Waals surface area contributed by atoms with Crippen LogP contribution in [0.15, 0.2) is 0 Å². The fourth-order valence-electron chi connectivity index (χ4n) is 0.394. The van der Waals surface area contributed by atoms with Crippen LogP contribution in [0.5, 0.6) is 0 Å². The molecule has 9 heavy (non-hydrogen) atoms. The molecular weight excluding hydrogens is 185 g/mol. The molecule has 0 rings (SSSR count). The summed E-state index contributed by atoms with van der Waals surface area (Å²) in [6, 6.07) is 0. The molecule has 0 heterocycles. The Morgan fingerprint density at radius 3 is 1.67 bits per heavy atom. The van der Waals surface area contributed by atoms with Gasteiger partial charge < -0.3 is 0 Å². The predicted molar refractivity (Wildman–Crippen MR) is 32.3 cm³/mol. The summed E-state index contributed by atoms with van der Waals surface area (Å²) in [4.78, 5) is 17.9. The van der Waals surface area contributed by atoms with Crippen LogP contribution in [0.1, 0.15) is 6.92 Å². The third kappa shape index (κ3) is 2.50. The Balaban J connectivity index is 3.99. The van der Waals surface area contributed by atoms with Crippen LogP contribution in [0.2, 0.25) is 5.25 Å². The number of hydrogen-bond acceptors (Lipinski definition) is 2. The van der Waals surface area contributed by atoms with Crippen LogP contribution in [0.25, 0.3) is 0 Å². The van der Waals surface area contributed by atoms with Crippen LogP contribution in [0, 0.1) is 0 Å². The molecule has 0 aromatic carbocycles. The molecule has 0 aliphatic carbocycles. The molecule has 0 atom stereocenters. The summed E-state index contributed by atoms with van der Waals surface area (Å²) < 4.78 is 0. The van der Waals surface area contributed by atoms with E-state index in [1.165, 1.54) is 0 Å². The quantitative estimate of drug-likeness (QED) is 0.654. The second-order valence-electron chi connectivity index (χ2n) is 1.44. The van der Waals surface area contributed by atoms with Crippen molar-refractivity contribution in [1.82, 2.24) is 0 Å². The van der Waals surface area contributed by atoms with Crippen molar-refractivity contribution in [3.8, 4) is 0 Å². The summed E-state index contributed by atoms with van der Waals surface area (Å²) in [5, 5.41) is 16.8. The topological polar surface area (TPSA) is 74.6 Å². The molecule has 0 amide bonds. The summed E-state index contributed by atoms with van der Waals surface area (Å²) >= 11 is -2.78. The van der Waals surface area contributed by atoms with Crippen molar-refractivity contribution in [3.05, 3.63) is 0 Å². The standard InChI is InChI=1S/C4H7GeO4/c1-2-5(3(6)7)4(8)9/h2H2,1H3,(H,6,7)(H,8,9). The molecule has 0 aromatic heterocycles. The summed E-state index contributed by atoms with van der Waals surface area (Å²) in [6.45, 7) is 1.59. The first-order chi connectivity index (χ1) is 4.09. The summed E-state index contributed by atoms with van der Waals surface area (Å²) in [5.41, 5.74) is 0. The molecule has 0 fully saturated rings. The Labute approximate surface area is 56.6 Å². The number of rotatable bonds is 3. The van der Waals surface area contributed by atoms with Crippen molar-refractivity contribution >= 4 is 24.0 Å². The molecule has 0 aliphatic heterocycles. The van der Waals surface area contributed by atoms with Crippen molar-refractivity contribution in [2.45, 2.75) is 12.2 Å². The molecule has 0 bridgehead atoms. The van der Waals surface area contributed by atoms with Gasteiger partial charge in [-0.3, -0.25) is 0 Å². The molecule has 0 aromatic rings. The van der Waals surface area contributed by atoms with Crippen molar-refractivity contribution < 1.29 is 19.8 Å². The van der Waals surface area contributed by atoms with Gasteiger partial charge in [0.1, 0.15) is 0 Å². The third-order valence-corrected chi connectivity index (χ3v) is 4.52. The van der Waals surface area contributed by atoms with E-state index in [0.29, 0.717) is 5.25 Å². The van der Waals surface area contributed by atoms with Gasteiger partial charge in [-0.25, -0.2) is 0 Å². The molecule has 5 heteroatoms. The SMILES string of the molecule is C[CH2][Ge]([C](=O)O)[C](=O)O. The van der Waals surface area contributed by atoms with E-state index in [0.717, 1.165) is 0 Å². The fraction of sp³-hybridized carbons (Fsp3) is 0.500. The van der Waals surface area contributed by atoms with Gasteiger partial charge in [0, 0.05) is 0 Å². The van der Waals surface area contributed by atoms with Gasteiger partial charge in [-0.2, -0.15) is 0 Å². The van der Waals surface area contributed by atoms with E-state index < -0.39 is 24.0 Å². The first-order valence-electron chi connectivity index (χ1n) is 2.42. The average Bonchev–Trinajstić information content (AvgIpc) is 1.64. The van der Waals surface area contributed by atoms with E-state index in [-0.39, 0.29) is 0 Å². The molecular formula is C4H7GeO4. The Bertz CT molecular complexity index is 119. The number of hydrogen-bond donors (Lipinski definition) is 2. The second kappa shape index (κ2) is 3.50. The predicted octanol–water partition coefficient (Wildman–Crippen LogP) is 1.02. The third-order valence-electron chi connectivity index (χ3n) is 0.870. The van der Waals surface area contributed by atoms with Gasteiger partial charge in [0.2, 0.25) is 0 Å². The second-order valence-corrected chi connectivity index (χ2v) is 6.73. The van der Waals surface area contributed by atoms with Gasteiger partial charge in [-0.1, -0.05) is 0 Å². The molecule has 51 valence electrons. The molecule has 0 spiro atoms. The van der Waals surface area contributed by atoms with Crippen molar-refractivity contribution in [3.63, 3.8) is 0 Å². The molecule has 4 nitrogen and oxygen atoms in total. The van der Waals surface area contributed by atoms with Gasteiger partial charge in [0.25, 0.3) is 0 Å². The van der Waals surface area contributed by atoms with E-state index in [2.05, 4.69) is 0 Å². The monoisotopic (exact) mass is 193 g/mol. The first-order valence-corrected chi connectivity index (χ1v) is 6.00. The molecule has 0 saturated heterocycles. The van der Waals surface area contributed by atoms with Gasteiger partial charge in [-0.05, 0) is 0 Å². The zero-order chi connectivity index (χ0) is 7.44. The van der Waals surface area contributed by atoms with Crippen LogP contribution < -0.4 is 0 Å². The van der Waals surface area contributed by atoms with Crippen LogP contribution in [-0.4, -0.2) is 34.2 Å². The van der Waals surface area contributed by atoms with Crippen molar-refractivity contribution in [2.75, 3.05) is 0 Å². The summed E-state index contributed by atoms with van der Waals surface area (Å²) in [5.74, 6) is 0. The minimum absolute atomic E-state index is 0.296. The molecule has 1 radical (unpaired) electrons. The summed E-state index contributed by atoms with van der Waals surface area (Å²) in [7, 11) is 0. The van der Waals surface area contributed by atoms with Crippen LogP contribution in [0.3, 0.4) is 0 Å². The summed E-state index contributed by atoms with van der Waals surface area (Å²) in [6.07, 6.45) is 0. The van der Waals surface area contributed by atoms with E-state index in [4.69, 9.17) is 10.2 Å². The normalized spacial score (nSPS) is 9.56. The van der Waals surface area contributed by atoms with Gasteiger partial charge in [0.15, 0.2) is 0 Å². The Morgan fingerprint density at radius 2 is 1.67 bits per heavy atom. The van der Waals surface area contributed by atoms with E-state index in [1.807, 2.05) is 0 Å².